The molecule has 1 atom stereocenters. The molecule has 12 heteroatoms. The molecule has 0 saturated carbocycles. The summed E-state index contributed by atoms with van der Waals surface area (Å²) < 4.78 is 40.5. The number of phosphoric ester groups is 1. The summed E-state index contributed by atoms with van der Waals surface area (Å²) in [7, 11) is -4.89. The number of ether oxygens (including phenoxy) is 1. The van der Waals surface area contributed by atoms with E-state index in [0.717, 1.165) is 11.1 Å². The minimum Gasteiger partial charge on any atom is -0.756 e. The fourth-order valence-electron chi connectivity index (χ4n) is 3.11. The van der Waals surface area contributed by atoms with Crippen LogP contribution in [0.15, 0.2) is 71.5 Å². The first-order valence-corrected chi connectivity index (χ1v) is 11.5. The van der Waals surface area contributed by atoms with E-state index in [-0.39, 0.29) is 12.4 Å². The molecule has 1 unspecified atom stereocenters. The van der Waals surface area contributed by atoms with Crippen LogP contribution in [-0.4, -0.2) is 15.0 Å². The number of hydrogen-bond acceptors (Lipinski definition) is 8. The molecule has 3 aromatic heterocycles. The minimum absolute atomic E-state index is 0.177. The second-order valence-electron chi connectivity index (χ2n) is 7.28. The quantitative estimate of drug-likeness (QED) is 0.207. The Morgan fingerprint density at radius 3 is 2.65 bits per heavy atom. The zero-order valence-electron chi connectivity index (χ0n) is 17.7. The van der Waals surface area contributed by atoms with Crippen LogP contribution in [0.25, 0.3) is 11.3 Å². The highest BCUT2D eigenvalue weighted by Crippen LogP contribution is 2.30. The number of hydrogen-bond donors (Lipinski definition) is 2. The van der Waals surface area contributed by atoms with Gasteiger partial charge >= 0.3 is 0 Å². The fraction of sp³-hybridized carbons (Fsp3) is 0.136. The predicted octanol–water partition coefficient (Wildman–Crippen LogP) is 2.35. The van der Waals surface area contributed by atoms with E-state index in [4.69, 9.17) is 19.9 Å². The molecule has 0 amide bonds. The summed E-state index contributed by atoms with van der Waals surface area (Å²) in [6.07, 6.45) is 3.42. The average molecular weight is 486 g/mol. The summed E-state index contributed by atoms with van der Waals surface area (Å²) in [5.41, 5.74) is 8.96. The number of nitrogens with zero attached hydrogens (tertiary/aromatic N) is 3. The van der Waals surface area contributed by atoms with Crippen LogP contribution in [-0.2, 0) is 28.8 Å². The molecule has 0 aliphatic heterocycles. The number of nitrogen functional groups attached to an aromatic ring is 1. The third-order valence-corrected chi connectivity index (χ3v) is 5.24. The molecule has 0 aliphatic rings. The highest BCUT2D eigenvalue weighted by Gasteiger charge is 2.18. The zero-order valence-corrected chi connectivity index (χ0v) is 18.6. The minimum atomic E-state index is -4.89. The maximum atomic E-state index is 12.9. The topological polar surface area (TPSA) is 148 Å². The summed E-state index contributed by atoms with van der Waals surface area (Å²) in [6, 6.07) is 15.4. The van der Waals surface area contributed by atoms with E-state index in [2.05, 4.69) is 14.7 Å². The van der Waals surface area contributed by atoms with E-state index in [1.54, 1.807) is 24.3 Å². The first kappa shape index (κ1) is 23.5. The van der Waals surface area contributed by atoms with Crippen LogP contribution < -0.4 is 19.9 Å². The number of aromatic nitrogens is 3. The van der Waals surface area contributed by atoms with E-state index < -0.39 is 20.5 Å². The molecule has 4 rings (SSSR count). The monoisotopic (exact) mass is 486 g/mol. The first-order chi connectivity index (χ1) is 16.3. The summed E-state index contributed by atoms with van der Waals surface area (Å²) in [4.78, 5) is 23.2. The van der Waals surface area contributed by atoms with Gasteiger partial charge in [0.15, 0.2) is 12.5 Å². The fourth-order valence-corrected chi connectivity index (χ4v) is 3.38. The summed E-state index contributed by atoms with van der Waals surface area (Å²) in [5.74, 6) is 0.688. The lowest BCUT2D eigenvalue weighted by Crippen LogP contribution is -2.38. The van der Waals surface area contributed by atoms with Crippen molar-refractivity contribution in [3.8, 4) is 17.1 Å². The van der Waals surface area contributed by atoms with Gasteiger partial charge in [-0.15, -0.1) is 0 Å². The Labute approximate surface area is 193 Å². The lowest BCUT2D eigenvalue weighted by atomic mass is 10.1. The summed E-state index contributed by atoms with van der Waals surface area (Å²) in [6.45, 7) is -0.211. The number of anilines is 1. The number of benzene rings is 1. The molecular weight excluding hydrogens is 466 g/mol. The molecule has 4 aromatic rings. The smallest absolute Gasteiger partial charge is 0.285 e. The van der Waals surface area contributed by atoms with Crippen molar-refractivity contribution in [2.45, 2.75) is 19.8 Å². The van der Waals surface area contributed by atoms with Crippen molar-refractivity contribution >= 4 is 13.6 Å². The van der Waals surface area contributed by atoms with Gasteiger partial charge in [0.2, 0.25) is 5.95 Å². The number of nitrogens with two attached hydrogens (primary N) is 1. The van der Waals surface area contributed by atoms with Crippen LogP contribution in [0.3, 0.4) is 0 Å². The van der Waals surface area contributed by atoms with Gasteiger partial charge < -0.3 is 19.0 Å². The van der Waals surface area contributed by atoms with E-state index in [1.807, 2.05) is 24.3 Å². The second-order valence-corrected chi connectivity index (χ2v) is 8.48. The lowest BCUT2D eigenvalue weighted by Gasteiger charge is -2.14. The molecule has 0 spiro atoms. The van der Waals surface area contributed by atoms with Gasteiger partial charge in [0.25, 0.3) is 13.6 Å². The highest BCUT2D eigenvalue weighted by atomic mass is 31.2. The van der Waals surface area contributed by atoms with Crippen molar-refractivity contribution in [2.24, 2.45) is 0 Å². The van der Waals surface area contributed by atoms with Gasteiger partial charge in [0.1, 0.15) is 17.9 Å². The summed E-state index contributed by atoms with van der Waals surface area (Å²) in [5, 5.41) is 4.07. The molecule has 3 N–H and O–H groups in total. The van der Waals surface area contributed by atoms with E-state index >= 15 is 0 Å². The average Bonchev–Trinajstić information content (AvgIpc) is 3.26. The van der Waals surface area contributed by atoms with Crippen LogP contribution in [0.5, 0.6) is 5.75 Å². The Kier molecular flexibility index (Phi) is 6.99. The Morgan fingerprint density at radius 2 is 1.94 bits per heavy atom. The van der Waals surface area contributed by atoms with Gasteiger partial charge in [-0.05, 0) is 42.0 Å². The number of rotatable bonds is 9. The molecule has 0 aliphatic carbocycles. The van der Waals surface area contributed by atoms with Gasteiger partial charge in [-0.25, -0.2) is 9.55 Å². The molecule has 3 heterocycles. The van der Waals surface area contributed by atoms with Crippen molar-refractivity contribution in [2.75, 3.05) is 5.73 Å². The molecule has 0 bridgehead atoms. The molecular formula is C22H20FN4O6P. The van der Waals surface area contributed by atoms with Gasteiger partial charge in [-0.3, -0.25) is 14.8 Å². The largest absolute Gasteiger partial charge is 0.756 e. The van der Waals surface area contributed by atoms with Crippen molar-refractivity contribution in [3.05, 3.63) is 89.8 Å². The van der Waals surface area contributed by atoms with Crippen LogP contribution in [0, 0.1) is 5.95 Å². The number of phosphoric acid groups is 1. The molecule has 1 aromatic carbocycles. The normalized spacial score (nSPS) is 12.9. The predicted molar refractivity (Wildman–Crippen MR) is 115 cm³/mol. The Balaban J connectivity index is 1.39. The van der Waals surface area contributed by atoms with E-state index in [1.165, 1.54) is 23.0 Å². The van der Waals surface area contributed by atoms with Crippen molar-refractivity contribution < 1.29 is 37.1 Å². The Morgan fingerprint density at radius 1 is 1.18 bits per heavy atom. The number of halogens is 1. The molecule has 0 saturated heterocycles. The summed E-state index contributed by atoms with van der Waals surface area (Å²) >= 11 is 0. The maximum absolute atomic E-state index is 12.9. The van der Waals surface area contributed by atoms with Crippen LogP contribution in [0.4, 0.5) is 10.2 Å². The third kappa shape index (κ3) is 6.24. The maximum Gasteiger partial charge on any atom is 0.285 e. The second kappa shape index (κ2) is 10.1. The van der Waals surface area contributed by atoms with Crippen LogP contribution in [0.2, 0.25) is 0 Å². The van der Waals surface area contributed by atoms with Crippen LogP contribution in [0.1, 0.15) is 16.8 Å². The van der Waals surface area contributed by atoms with Crippen molar-refractivity contribution in [1.82, 2.24) is 10.1 Å². The van der Waals surface area contributed by atoms with E-state index in [0.29, 0.717) is 29.2 Å². The van der Waals surface area contributed by atoms with Crippen molar-refractivity contribution in [1.29, 1.82) is 0 Å². The Hall–Kier alpha value is -3.63. The molecule has 176 valence electrons. The van der Waals surface area contributed by atoms with Gasteiger partial charge in [0.05, 0.1) is 11.9 Å². The standard InChI is InChI=1S/C22H20FN4O6P/c23-21-8-5-16(12-25-21)13-31-18-6-3-15(4-7-18)10-17-11-20(33-26-17)19-2-1-9-27(22(19)24)14-32-34(28,29)30/h1-9,11-12,24H,10,13-14H2,(H2,28,29,30). The molecule has 0 fully saturated rings. The molecule has 0 radical (unpaired) electrons. The third-order valence-electron chi connectivity index (χ3n) is 4.80. The zero-order chi connectivity index (χ0) is 24.1. The highest BCUT2D eigenvalue weighted by molar-refractivity contribution is 7.44. The lowest BCUT2D eigenvalue weighted by molar-refractivity contribution is -0.712. The van der Waals surface area contributed by atoms with Gasteiger partial charge in [-0.1, -0.05) is 17.3 Å². The SMILES string of the molecule is Nc1c(-c2cc(Cc3ccc(OCc4ccc(F)nc4)cc3)no2)ccc[n+]1COP(=O)([O-])O. The Bertz CT molecular complexity index is 1310. The molecule has 10 nitrogen and oxygen atoms in total. The van der Waals surface area contributed by atoms with Crippen molar-refractivity contribution in [3.63, 3.8) is 0 Å². The van der Waals surface area contributed by atoms with Gasteiger partial charge in [0, 0.05) is 24.2 Å². The molecule has 34 heavy (non-hydrogen) atoms. The van der Waals surface area contributed by atoms with Crippen LogP contribution >= 0.6 is 7.82 Å². The number of pyridine rings is 2. The first-order valence-electron chi connectivity index (χ1n) is 10.0. The van der Waals surface area contributed by atoms with E-state index in [9.17, 15) is 13.8 Å². The van der Waals surface area contributed by atoms with Gasteiger partial charge in [-0.2, -0.15) is 4.39 Å².